The fourth-order valence-corrected chi connectivity index (χ4v) is 2.18. The predicted molar refractivity (Wildman–Crippen MR) is 83.5 cm³/mol. The monoisotopic (exact) mass is 294 g/mol. The third kappa shape index (κ3) is 2.83. The molecule has 0 aromatic heterocycles. The number of carbonyl (C=O) groups is 2. The highest BCUT2D eigenvalue weighted by atomic mass is 16.5. The van der Waals surface area contributed by atoms with Crippen LogP contribution in [-0.4, -0.2) is 18.4 Å². The minimum absolute atomic E-state index is 0.224. The molecule has 0 unspecified atom stereocenters. The van der Waals surface area contributed by atoms with E-state index in [9.17, 15) is 9.59 Å². The molecule has 0 atom stereocenters. The van der Waals surface area contributed by atoms with E-state index in [1.54, 1.807) is 24.3 Å². The number of para-hydroxylation sites is 1. The Morgan fingerprint density at radius 2 is 1.77 bits per heavy atom. The van der Waals surface area contributed by atoms with Crippen LogP contribution in [0.1, 0.15) is 15.9 Å². The van der Waals surface area contributed by atoms with E-state index >= 15 is 0 Å². The Kier molecular flexibility index (Phi) is 3.62. The number of nitrogens with two attached hydrogens (primary N) is 1. The zero-order chi connectivity index (χ0) is 15.5. The molecule has 2 aromatic carbocycles. The fourth-order valence-electron chi connectivity index (χ4n) is 2.18. The van der Waals surface area contributed by atoms with E-state index in [1.807, 2.05) is 30.3 Å². The molecule has 0 aliphatic carbocycles. The molecule has 0 bridgehead atoms. The van der Waals surface area contributed by atoms with Crippen LogP contribution >= 0.6 is 0 Å². The number of carbonyl (C=O) groups excluding carboxylic acids is 2. The van der Waals surface area contributed by atoms with E-state index in [2.05, 4.69) is 5.32 Å². The van der Waals surface area contributed by atoms with Crippen molar-refractivity contribution >= 4 is 23.6 Å². The molecule has 1 heterocycles. The first-order valence-electron chi connectivity index (χ1n) is 6.77. The normalized spacial score (nSPS) is 12.6. The molecule has 3 N–H and O–H groups in total. The molecule has 2 aromatic rings. The van der Waals surface area contributed by atoms with Gasteiger partial charge in [0.05, 0.1) is 5.57 Å². The van der Waals surface area contributed by atoms with Gasteiger partial charge in [0.15, 0.2) is 0 Å². The number of amides is 2. The summed E-state index contributed by atoms with van der Waals surface area (Å²) >= 11 is 0. The maximum atomic E-state index is 12.2. The number of hydrogen-bond acceptors (Lipinski definition) is 3. The van der Waals surface area contributed by atoms with E-state index < -0.39 is 5.91 Å². The Morgan fingerprint density at radius 3 is 2.50 bits per heavy atom. The summed E-state index contributed by atoms with van der Waals surface area (Å²) < 4.78 is 5.56. The van der Waals surface area contributed by atoms with Gasteiger partial charge >= 0.3 is 0 Å². The summed E-state index contributed by atoms with van der Waals surface area (Å²) in [5, 5.41) is 2.77. The molecular formula is C17H14N2O3. The number of rotatable bonds is 3. The van der Waals surface area contributed by atoms with Crippen LogP contribution in [0.4, 0.5) is 5.69 Å². The highest BCUT2D eigenvalue weighted by molar-refractivity contribution is 6.07. The third-order valence-corrected chi connectivity index (χ3v) is 3.35. The minimum Gasteiger partial charge on any atom is -0.488 e. The molecule has 0 saturated carbocycles. The lowest BCUT2D eigenvalue weighted by Gasteiger charge is -2.17. The molecule has 1 aliphatic rings. The summed E-state index contributed by atoms with van der Waals surface area (Å²) in [6.45, 7) is 0.224. The lowest BCUT2D eigenvalue weighted by atomic mass is 10.1. The molecule has 5 nitrogen and oxygen atoms in total. The molecule has 1 aliphatic heterocycles. The maximum absolute atomic E-state index is 12.2. The first kappa shape index (κ1) is 13.9. The van der Waals surface area contributed by atoms with Gasteiger partial charge in [0, 0.05) is 16.8 Å². The first-order valence-corrected chi connectivity index (χ1v) is 6.77. The van der Waals surface area contributed by atoms with Crippen molar-refractivity contribution in [1.82, 2.24) is 0 Å². The van der Waals surface area contributed by atoms with Crippen LogP contribution in [0.3, 0.4) is 0 Å². The van der Waals surface area contributed by atoms with Crippen LogP contribution in [0.5, 0.6) is 5.75 Å². The van der Waals surface area contributed by atoms with Crippen molar-refractivity contribution < 1.29 is 14.3 Å². The second-order valence-corrected chi connectivity index (χ2v) is 4.89. The second-order valence-electron chi connectivity index (χ2n) is 4.89. The van der Waals surface area contributed by atoms with Gasteiger partial charge in [0.2, 0.25) is 5.91 Å². The number of primary amides is 1. The number of nitrogens with one attached hydrogen (secondary N) is 1. The van der Waals surface area contributed by atoms with E-state index in [-0.39, 0.29) is 12.5 Å². The lowest BCUT2D eigenvalue weighted by Crippen LogP contribution is -2.21. The lowest BCUT2D eigenvalue weighted by molar-refractivity contribution is -0.113. The molecule has 0 spiro atoms. The van der Waals surface area contributed by atoms with Crippen LogP contribution in [-0.2, 0) is 4.79 Å². The fraction of sp³-hybridized carbons (Fsp3) is 0.0588. The first-order chi connectivity index (χ1) is 10.6. The Hall–Kier alpha value is -3.08. The number of hydrogen-bond donors (Lipinski definition) is 2. The van der Waals surface area contributed by atoms with Crippen molar-refractivity contribution in [1.29, 1.82) is 0 Å². The van der Waals surface area contributed by atoms with E-state index in [4.69, 9.17) is 10.5 Å². The number of ether oxygens (including phenoxy) is 1. The summed E-state index contributed by atoms with van der Waals surface area (Å²) in [5.74, 6) is 0.0315. The maximum Gasteiger partial charge on any atom is 0.255 e. The molecule has 0 saturated heterocycles. The number of benzene rings is 2. The van der Waals surface area contributed by atoms with Crippen LogP contribution < -0.4 is 15.8 Å². The molecule has 110 valence electrons. The Balaban J connectivity index is 1.75. The minimum atomic E-state index is -0.502. The van der Waals surface area contributed by atoms with Crippen molar-refractivity contribution in [3.63, 3.8) is 0 Å². The van der Waals surface area contributed by atoms with Crippen molar-refractivity contribution in [3.8, 4) is 5.75 Å². The smallest absolute Gasteiger partial charge is 0.255 e. The number of anilines is 1. The van der Waals surface area contributed by atoms with Crippen LogP contribution in [0.15, 0.2) is 54.1 Å². The highest BCUT2D eigenvalue weighted by Gasteiger charge is 2.17. The topological polar surface area (TPSA) is 81.4 Å². The molecule has 5 heteroatoms. The summed E-state index contributed by atoms with van der Waals surface area (Å²) in [4.78, 5) is 23.3. The van der Waals surface area contributed by atoms with Gasteiger partial charge in [-0.3, -0.25) is 9.59 Å². The van der Waals surface area contributed by atoms with E-state index in [0.717, 1.165) is 11.3 Å². The summed E-state index contributed by atoms with van der Waals surface area (Å²) in [7, 11) is 0. The Morgan fingerprint density at radius 1 is 1.05 bits per heavy atom. The largest absolute Gasteiger partial charge is 0.488 e. The zero-order valence-corrected chi connectivity index (χ0v) is 11.7. The highest BCUT2D eigenvalue weighted by Crippen LogP contribution is 2.26. The molecule has 2 amide bonds. The average molecular weight is 294 g/mol. The van der Waals surface area contributed by atoms with Gasteiger partial charge < -0.3 is 15.8 Å². The van der Waals surface area contributed by atoms with Gasteiger partial charge in [-0.2, -0.15) is 0 Å². The Bertz CT molecular complexity index is 764. The van der Waals surface area contributed by atoms with Crippen LogP contribution in [0.2, 0.25) is 0 Å². The summed E-state index contributed by atoms with van der Waals surface area (Å²) in [6, 6.07) is 13.9. The van der Waals surface area contributed by atoms with Crippen LogP contribution in [0.25, 0.3) is 6.08 Å². The van der Waals surface area contributed by atoms with Crippen molar-refractivity contribution in [2.24, 2.45) is 5.73 Å². The van der Waals surface area contributed by atoms with Crippen molar-refractivity contribution in [2.75, 3.05) is 11.9 Å². The predicted octanol–water partition coefficient (Wildman–Crippen LogP) is 2.20. The molecule has 0 radical (unpaired) electrons. The quantitative estimate of drug-likeness (QED) is 0.910. The molecular weight excluding hydrogens is 280 g/mol. The van der Waals surface area contributed by atoms with Gasteiger partial charge in [0.25, 0.3) is 5.91 Å². The summed E-state index contributed by atoms with van der Waals surface area (Å²) in [5.41, 5.74) is 7.58. The second kappa shape index (κ2) is 5.73. The van der Waals surface area contributed by atoms with Crippen molar-refractivity contribution in [3.05, 3.63) is 65.2 Å². The van der Waals surface area contributed by atoms with E-state index in [1.165, 1.54) is 0 Å². The van der Waals surface area contributed by atoms with Gasteiger partial charge in [-0.05, 0) is 36.4 Å². The standard InChI is InChI=1S/C17H14N2O3/c18-16(20)11-5-7-14(8-6-11)19-17(21)13-9-12-3-1-2-4-15(12)22-10-13/h1-9H,10H2,(H2,18,20)(H,19,21). The van der Waals surface area contributed by atoms with Crippen molar-refractivity contribution in [2.45, 2.75) is 0 Å². The van der Waals surface area contributed by atoms with E-state index in [0.29, 0.717) is 16.8 Å². The third-order valence-electron chi connectivity index (χ3n) is 3.35. The van der Waals surface area contributed by atoms with Gasteiger partial charge in [-0.25, -0.2) is 0 Å². The number of fused-ring (bicyclic) bond motifs is 1. The molecule has 22 heavy (non-hydrogen) atoms. The zero-order valence-electron chi connectivity index (χ0n) is 11.7. The Labute approximate surface area is 127 Å². The molecule has 0 fully saturated rings. The SMILES string of the molecule is NC(=O)c1ccc(NC(=O)C2=Cc3ccccc3OC2)cc1. The van der Waals surface area contributed by atoms with Gasteiger partial charge in [-0.1, -0.05) is 18.2 Å². The summed E-state index contributed by atoms with van der Waals surface area (Å²) in [6.07, 6.45) is 1.81. The van der Waals surface area contributed by atoms with Gasteiger partial charge in [-0.15, -0.1) is 0 Å². The average Bonchev–Trinajstić information content (AvgIpc) is 2.55. The van der Waals surface area contributed by atoms with Crippen LogP contribution in [0, 0.1) is 0 Å². The molecule has 3 rings (SSSR count). The van der Waals surface area contributed by atoms with Gasteiger partial charge in [0.1, 0.15) is 12.4 Å².